The maximum Gasteiger partial charge on any atom is 0.264 e. The molecule has 0 unspecified atom stereocenters. The molecule has 8 rings (SSSR count). The largest absolute Gasteiger partial charge is 0.490 e. The van der Waals surface area contributed by atoms with Gasteiger partial charge < -0.3 is 19.1 Å². The number of amides is 1. The lowest BCUT2D eigenvalue weighted by atomic mass is 9.63. The van der Waals surface area contributed by atoms with Gasteiger partial charge in [-0.25, -0.2) is 13.1 Å². The number of nitrogens with one attached hydrogen (secondary N) is 1. The van der Waals surface area contributed by atoms with E-state index in [-0.39, 0.29) is 17.3 Å². The van der Waals surface area contributed by atoms with Gasteiger partial charge in [-0.1, -0.05) is 36.7 Å². The van der Waals surface area contributed by atoms with Gasteiger partial charge in [0.05, 0.1) is 36.8 Å². The monoisotopic (exact) mass is 766 g/mol. The fourth-order valence-electron chi connectivity index (χ4n) is 9.88. The Morgan fingerprint density at radius 1 is 1.06 bits per heavy atom. The maximum atomic E-state index is 13.7. The average molecular weight is 767 g/mol. The lowest BCUT2D eigenvalue weighted by molar-refractivity contribution is -0.107. The lowest BCUT2D eigenvalue weighted by Crippen LogP contribution is -2.61. The van der Waals surface area contributed by atoms with Gasteiger partial charge in [0.25, 0.3) is 5.91 Å². The van der Waals surface area contributed by atoms with Crippen LogP contribution in [-0.2, 0) is 31.3 Å². The van der Waals surface area contributed by atoms with Crippen molar-refractivity contribution in [3.63, 3.8) is 0 Å². The van der Waals surface area contributed by atoms with Crippen molar-refractivity contribution < 1.29 is 27.4 Å². The van der Waals surface area contributed by atoms with E-state index in [0.717, 1.165) is 102 Å². The smallest absolute Gasteiger partial charge is 0.264 e. The van der Waals surface area contributed by atoms with Crippen molar-refractivity contribution in [1.82, 2.24) is 14.5 Å². The second-order valence-corrected chi connectivity index (χ2v) is 19.2. The number of fused-ring (bicyclic) bond motifs is 4. The van der Waals surface area contributed by atoms with E-state index >= 15 is 0 Å². The summed E-state index contributed by atoms with van der Waals surface area (Å²) in [6.07, 6.45) is 10.1. The van der Waals surface area contributed by atoms with Gasteiger partial charge in [0.1, 0.15) is 11.4 Å². The number of allylic oxidation sites excluding steroid dienone is 1. The van der Waals surface area contributed by atoms with Gasteiger partial charge in [0.15, 0.2) is 0 Å². The van der Waals surface area contributed by atoms with Crippen molar-refractivity contribution >= 4 is 33.2 Å². The number of nitrogens with zero attached hydrogens (tertiary/aromatic N) is 3. The van der Waals surface area contributed by atoms with Crippen LogP contribution in [0.15, 0.2) is 48.6 Å². The number of halogens is 1. The zero-order valence-electron chi connectivity index (χ0n) is 31.4. The first-order valence-corrected chi connectivity index (χ1v) is 21.6. The van der Waals surface area contributed by atoms with E-state index in [4.69, 9.17) is 25.8 Å². The van der Waals surface area contributed by atoms with Gasteiger partial charge in [-0.3, -0.25) is 14.6 Å². The highest BCUT2D eigenvalue weighted by Crippen LogP contribution is 2.49. The molecular formula is C41H55ClN4O6S. The minimum absolute atomic E-state index is 0.218. The fourth-order valence-corrected chi connectivity index (χ4v) is 11.4. The molecule has 2 aromatic carbocycles. The lowest BCUT2D eigenvalue weighted by Gasteiger charge is -2.52. The SMILES string of the molecule is CO[C@@]1(CN2CCN(C3COC3)CC2)/C=C/C[C@H](C)[C@@H](C)S(=O)(=O)NC(=O)c2ccc3c(c2)N(C[C@@H]2CC[C@H]21)C[C@@]1(CCCc2cc(Cl)ccc21)CO3. The van der Waals surface area contributed by atoms with Crippen LogP contribution in [0.1, 0.15) is 67.4 Å². The molecule has 53 heavy (non-hydrogen) atoms. The first kappa shape index (κ1) is 37.3. The molecule has 6 atom stereocenters. The van der Waals surface area contributed by atoms with Crippen molar-refractivity contribution in [2.75, 3.05) is 77.6 Å². The van der Waals surface area contributed by atoms with Crippen molar-refractivity contribution in [1.29, 1.82) is 0 Å². The molecule has 1 spiro atoms. The number of carbonyl (C=O) groups is 1. The Labute approximate surface area is 320 Å². The van der Waals surface area contributed by atoms with E-state index in [1.165, 1.54) is 11.1 Å². The number of benzene rings is 2. The van der Waals surface area contributed by atoms with Crippen LogP contribution in [-0.4, -0.2) is 114 Å². The molecule has 4 aliphatic heterocycles. The third-order valence-electron chi connectivity index (χ3n) is 13.6. The molecule has 6 aliphatic rings. The molecule has 12 heteroatoms. The Morgan fingerprint density at radius 3 is 2.58 bits per heavy atom. The summed E-state index contributed by atoms with van der Waals surface area (Å²) in [7, 11) is -2.10. The van der Waals surface area contributed by atoms with Crippen molar-refractivity contribution in [2.45, 2.75) is 74.7 Å². The van der Waals surface area contributed by atoms with E-state index in [1.54, 1.807) is 13.0 Å². The van der Waals surface area contributed by atoms with Crippen molar-refractivity contribution in [3.8, 4) is 5.75 Å². The van der Waals surface area contributed by atoms with E-state index in [9.17, 15) is 13.2 Å². The van der Waals surface area contributed by atoms with E-state index < -0.39 is 26.8 Å². The van der Waals surface area contributed by atoms with Crippen LogP contribution in [0, 0.1) is 17.8 Å². The number of piperazine rings is 1. The Bertz CT molecular complexity index is 1830. The van der Waals surface area contributed by atoms with Gasteiger partial charge in [0, 0.05) is 68.9 Å². The number of anilines is 1. The Hall–Kier alpha value is -2.67. The quantitative estimate of drug-likeness (QED) is 0.417. The number of carbonyl (C=O) groups excluding carboxylic acids is 1. The number of ether oxygens (including phenoxy) is 3. The molecule has 1 N–H and O–H groups in total. The van der Waals surface area contributed by atoms with Gasteiger partial charge in [0.2, 0.25) is 10.0 Å². The highest BCUT2D eigenvalue weighted by molar-refractivity contribution is 7.90. The van der Waals surface area contributed by atoms with E-state index in [0.29, 0.717) is 36.3 Å². The number of aryl methyl sites for hydroxylation is 1. The summed E-state index contributed by atoms with van der Waals surface area (Å²) in [5.74, 6) is 0.486. The highest BCUT2D eigenvalue weighted by Gasteiger charge is 2.50. The van der Waals surface area contributed by atoms with Crippen molar-refractivity contribution in [3.05, 3.63) is 70.3 Å². The van der Waals surface area contributed by atoms with Crippen LogP contribution in [0.5, 0.6) is 5.75 Å². The van der Waals surface area contributed by atoms with Crippen molar-refractivity contribution in [2.24, 2.45) is 17.8 Å². The molecule has 0 aromatic heterocycles. The average Bonchev–Trinajstić information content (AvgIpc) is 3.25. The molecule has 2 bridgehead atoms. The number of hydrogen-bond acceptors (Lipinski definition) is 9. The molecule has 1 amide bonds. The Balaban J connectivity index is 1.17. The first-order chi connectivity index (χ1) is 25.5. The van der Waals surface area contributed by atoms with Gasteiger partial charge in [-0.15, -0.1) is 0 Å². The zero-order valence-corrected chi connectivity index (χ0v) is 33.0. The number of rotatable bonds is 4. The van der Waals surface area contributed by atoms with Crippen LogP contribution in [0.2, 0.25) is 5.02 Å². The van der Waals surface area contributed by atoms with Crippen LogP contribution in [0.25, 0.3) is 0 Å². The summed E-state index contributed by atoms with van der Waals surface area (Å²) >= 11 is 6.51. The van der Waals surface area contributed by atoms with Gasteiger partial charge in [-0.2, -0.15) is 0 Å². The molecule has 2 aliphatic carbocycles. The highest BCUT2D eigenvalue weighted by atomic mass is 35.5. The molecule has 2 aromatic rings. The summed E-state index contributed by atoms with van der Waals surface area (Å²) in [6.45, 7) is 12.1. The molecule has 1 saturated carbocycles. The van der Waals surface area contributed by atoms with E-state index in [2.05, 4.69) is 43.7 Å². The molecule has 10 nitrogen and oxygen atoms in total. The second-order valence-electron chi connectivity index (χ2n) is 16.7. The van der Waals surface area contributed by atoms with E-state index in [1.807, 2.05) is 32.2 Å². The molecule has 288 valence electrons. The summed E-state index contributed by atoms with van der Waals surface area (Å²) in [4.78, 5) is 21.2. The number of hydrogen-bond donors (Lipinski definition) is 1. The van der Waals surface area contributed by atoms with Crippen LogP contribution in [0.4, 0.5) is 5.69 Å². The molecule has 3 fully saturated rings. The molecule has 4 heterocycles. The van der Waals surface area contributed by atoms with Crippen LogP contribution >= 0.6 is 11.6 Å². The topological polar surface area (TPSA) is 101 Å². The number of sulfonamides is 1. The molecule has 0 radical (unpaired) electrons. The minimum atomic E-state index is -3.95. The Morgan fingerprint density at radius 2 is 1.87 bits per heavy atom. The van der Waals surface area contributed by atoms with Crippen LogP contribution in [0.3, 0.4) is 0 Å². The second kappa shape index (κ2) is 14.8. The number of methoxy groups -OCH3 is 1. The predicted octanol–water partition coefficient (Wildman–Crippen LogP) is 5.29. The molecule has 2 saturated heterocycles. The molecular weight excluding hydrogens is 712 g/mol. The summed E-state index contributed by atoms with van der Waals surface area (Å²) in [5, 5.41) is -0.0287. The summed E-state index contributed by atoms with van der Waals surface area (Å²) in [6, 6.07) is 12.2. The zero-order chi connectivity index (χ0) is 37.0. The summed E-state index contributed by atoms with van der Waals surface area (Å²) < 4.78 is 48.5. The van der Waals surface area contributed by atoms with Crippen LogP contribution < -0.4 is 14.4 Å². The van der Waals surface area contributed by atoms with Gasteiger partial charge in [-0.05, 0) is 105 Å². The van der Waals surface area contributed by atoms with Gasteiger partial charge >= 0.3 is 0 Å². The third kappa shape index (κ3) is 7.15. The minimum Gasteiger partial charge on any atom is -0.490 e. The standard InChI is InChI=1S/C41H55ClN4O6S/c1-28-6-4-15-41(50-3,26-44-16-18-45(19-17-44)34-23-51-24-34)36-11-8-32(36)22-46-25-40(14-5-7-30-20-33(42)10-12-35(30)40)27-52-38-13-9-31(21-37(38)46)39(47)43-53(48,49)29(28)2/h4,9-10,12-13,15,20-21,28-29,32,34,36H,5-8,11,14,16-19,22-27H2,1-3H3,(H,43,47)/b15-4+/t28-,29+,32-,36+,40-,41+/m0/s1. The first-order valence-electron chi connectivity index (χ1n) is 19.6. The normalized spacial score (nSPS) is 34.4. The fraction of sp³-hybridized carbons (Fsp3) is 0.634. The maximum absolute atomic E-state index is 13.7. The Kier molecular flexibility index (Phi) is 10.4. The third-order valence-corrected chi connectivity index (χ3v) is 15.8. The predicted molar refractivity (Wildman–Crippen MR) is 208 cm³/mol. The summed E-state index contributed by atoms with van der Waals surface area (Å²) in [5.41, 5.74) is 2.91.